The average molecular weight is 490 g/mol. The molecule has 5 rings (SSSR count). The first-order valence-corrected chi connectivity index (χ1v) is 13.6. The van der Waals surface area contributed by atoms with Crippen LogP contribution in [0.3, 0.4) is 0 Å². The molecule has 0 saturated carbocycles. The highest BCUT2D eigenvalue weighted by atomic mass is 32.2. The number of nitrogens with one attached hydrogen (secondary N) is 1. The molecule has 34 heavy (non-hydrogen) atoms. The number of amides is 1. The molecule has 0 aliphatic heterocycles. The second kappa shape index (κ2) is 10.6. The van der Waals surface area contributed by atoms with E-state index in [1.54, 1.807) is 23.1 Å². The molecule has 1 N–H and O–H groups in total. The van der Waals surface area contributed by atoms with Gasteiger partial charge in [0.1, 0.15) is 10.7 Å². The molecule has 174 valence electrons. The molecule has 2 heterocycles. The lowest BCUT2D eigenvalue weighted by Crippen LogP contribution is -2.30. The summed E-state index contributed by atoms with van der Waals surface area (Å²) in [5.74, 6) is 2.10. The average Bonchev–Trinajstić information content (AvgIpc) is 3.44. The van der Waals surface area contributed by atoms with E-state index in [0.717, 1.165) is 40.6 Å². The third kappa shape index (κ3) is 5.26. The second-order valence-corrected chi connectivity index (χ2v) is 10.8. The van der Waals surface area contributed by atoms with Crippen molar-refractivity contribution in [1.82, 2.24) is 14.9 Å². The van der Waals surface area contributed by atoms with E-state index >= 15 is 0 Å². The quantitative estimate of drug-likeness (QED) is 0.323. The van der Waals surface area contributed by atoms with Gasteiger partial charge in [-0.05, 0) is 36.0 Å². The summed E-state index contributed by atoms with van der Waals surface area (Å²) < 4.78 is 0. The van der Waals surface area contributed by atoms with Crippen molar-refractivity contribution < 1.29 is 4.79 Å². The van der Waals surface area contributed by atoms with E-state index in [2.05, 4.69) is 29.2 Å². The van der Waals surface area contributed by atoms with Gasteiger partial charge in [0.2, 0.25) is 5.91 Å². The van der Waals surface area contributed by atoms with Crippen LogP contribution in [0.1, 0.15) is 40.2 Å². The molecule has 4 aromatic rings. The molecule has 0 radical (unpaired) electrons. The fraction of sp³-hybridized carbons (Fsp3) is 0.296. The van der Waals surface area contributed by atoms with Gasteiger partial charge in [0.25, 0.3) is 5.56 Å². The monoisotopic (exact) mass is 489 g/mol. The molecule has 2 aromatic heterocycles. The standard InChI is InChI=1S/C27H27N3O2S2/c31-24(30(16-19-8-3-1-4-9-19)17-20-10-5-2-6-11-20)14-15-33-18-23-28-26(32)25-21-12-7-13-22(21)34-27(25)29-23/h1-6,8-11H,7,12-18H2,(H,28,29,32). The Balaban J connectivity index is 1.20. The highest BCUT2D eigenvalue weighted by Gasteiger charge is 2.21. The summed E-state index contributed by atoms with van der Waals surface area (Å²) in [7, 11) is 0. The van der Waals surface area contributed by atoms with Crippen LogP contribution in [0.5, 0.6) is 0 Å². The molecule has 5 nitrogen and oxygen atoms in total. The van der Waals surface area contributed by atoms with Crippen LogP contribution in [-0.2, 0) is 36.5 Å². The second-order valence-electron chi connectivity index (χ2n) is 8.57. The number of hydrogen-bond donors (Lipinski definition) is 1. The Labute approximate surface area is 207 Å². The molecule has 0 unspecified atom stereocenters. The molecule has 1 aliphatic rings. The molecule has 0 atom stereocenters. The van der Waals surface area contributed by atoms with Gasteiger partial charge in [0.05, 0.1) is 11.1 Å². The van der Waals surface area contributed by atoms with Gasteiger partial charge in [-0.1, -0.05) is 60.7 Å². The molecule has 0 spiro atoms. The van der Waals surface area contributed by atoms with Gasteiger partial charge in [0.15, 0.2) is 0 Å². The summed E-state index contributed by atoms with van der Waals surface area (Å²) in [6.45, 7) is 1.18. The number of hydrogen-bond acceptors (Lipinski definition) is 5. The number of benzene rings is 2. The van der Waals surface area contributed by atoms with Crippen LogP contribution < -0.4 is 5.56 Å². The minimum absolute atomic E-state index is 0.0204. The zero-order valence-electron chi connectivity index (χ0n) is 19.0. The number of aryl methyl sites for hydroxylation is 2. The predicted octanol–water partition coefficient (Wildman–Crippen LogP) is 5.33. The number of nitrogens with zero attached hydrogens (tertiary/aromatic N) is 2. The van der Waals surface area contributed by atoms with Crippen LogP contribution in [0.25, 0.3) is 10.2 Å². The lowest BCUT2D eigenvalue weighted by molar-refractivity contribution is -0.132. The third-order valence-electron chi connectivity index (χ3n) is 6.11. The van der Waals surface area contributed by atoms with Crippen LogP contribution in [0.15, 0.2) is 65.5 Å². The predicted molar refractivity (Wildman–Crippen MR) is 140 cm³/mol. The van der Waals surface area contributed by atoms with Gasteiger partial charge in [-0.2, -0.15) is 11.8 Å². The Morgan fingerprint density at radius 1 is 1.00 bits per heavy atom. The minimum atomic E-state index is -0.0204. The zero-order valence-corrected chi connectivity index (χ0v) is 20.6. The summed E-state index contributed by atoms with van der Waals surface area (Å²) in [6, 6.07) is 20.2. The number of H-pyrrole nitrogens is 1. The number of fused-ring (bicyclic) bond motifs is 3. The molecular weight excluding hydrogens is 462 g/mol. The first-order valence-electron chi connectivity index (χ1n) is 11.6. The van der Waals surface area contributed by atoms with Gasteiger partial charge in [0, 0.05) is 30.1 Å². The highest BCUT2D eigenvalue weighted by molar-refractivity contribution is 7.98. The maximum atomic E-state index is 13.1. The number of carbonyl (C=O) groups excluding carboxylic acids is 1. The van der Waals surface area contributed by atoms with Crippen LogP contribution in [0.4, 0.5) is 0 Å². The Morgan fingerprint density at radius 3 is 2.35 bits per heavy atom. The molecule has 0 fully saturated rings. The molecule has 1 aliphatic carbocycles. The van der Waals surface area contributed by atoms with E-state index in [1.165, 1.54) is 10.4 Å². The summed E-state index contributed by atoms with van der Waals surface area (Å²) in [4.78, 5) is 37.5. The number of carbonyl (C=O) groups is 1. The summed E-state index contributed by atoms with van der Waals surface area (Å²) in [5.41, 5.74) is 3.43. The van der Waals surface area contributed by atoms with Crippen molar-refractivity contribution in [1.29, 1.82) is 0 Å². The Hall–Kier alpha value is -2.90. The normalized spacial score (nSPS) is 12.7. The van der Waals surface area contributed by atoms with Crippen molar-refractivity contribution in [2.75, 3.05) is 5.75 Å². The van der Waals surface area contributed by atoms with E-state index in [1.807, 2.05) is 41.3 Å². The van der Waals surface area contributed by atoms with Crippen molar-refractivity contribution in [3.8, 4) is 0 Å². The maximum Gasteiger partial charge on any atom is 0.259 e. The van der Waals surface area contributed by atoms with Gasteiger partial charge < -0.3 is 9.88 Å². The summed E-state index contributed by atoms with van der Waals surface area (Å²) in [5, 5.41) is 0.791. The highest BCUT2D eigenvalue weighted by Crippen LogP contribution is 2.34. The molecule has 1 amide bonds. The van der Waals surface area contributed by atoms with Gasteiger partial charge in [-0.15, -0.1) is 11.3 Å². The topological polar surface area (TPSA) is 66.1 Å². The van der Waals surface area contributed by atoms with Crippen LogP contribution >= 0.6 is 23.1 Å². The summed E-state index contributed by atoms with van der Waals surface area (Å²) >= 11 is 3.30. The maximum absolute atomic E-state index is 13.1. The Morgan fingerprint density at radius 2 is 1.68 bits per heavy atom. The minimum Gasteiger partial charge on any atom is -0.334 e. The third-order valence-corrected chi connectivity index (χ3v) is 8.26. The fourth-order valence-electron chi connectivity index (χ4n) is 4.44. The van der Waals surface area contributed by atoms with Gasteiger partial charge >= 0.3 is 0 Å². The first-order chi connectivity index (χ1) is 16.7. The molecule has 7 heteroatoms. The van der Waals surface area contributed by atoms with E-state index in [9.17, 15) is 9.59 Å². The van der Waals surface area contributed by atoms with Gasteiger partial charge in [-0.25, -0.2) is 4.98 Å². The van der Waals surface area contributed by atoms with E-state index in [0.29, 0.717) is 36.8 Å². The van der Waals surface area contributed by atoms with Crippen LogP contribution in [0, 0.1) is 0 Å². The van der Waals surface area contributed by atoms with Crippen molar-refractivity contribution in [2.45, 2.75) is 44.5 Å². The SMILES string of the molecule is O=C(CCSCc1nc2sc3c(c2c(=O)[nH]1)CCC3)N(Cc1ccccc1)Cc1ccccc1. The number of aromatic nitrogens is 2. The lowest BCUT2D eigenvalue weighted by Gasteiger charge is -2.23. The summed E-state index contributed by atoms with van der Waals surface area (Å²) in [6.07, 6.45) is 3.63. The van der Waals surface area contributed by atoms with E-state index in [4.69, 9.17) is 4.98 Å². The van der Waals surface area contributed by atoms with E-state index in [-0.39, 0.29) is 11.5 Å². The van der Waals surface area contributed by atoms with Crippen molar-refractivity contribution in [2.24, 2.45) is 0 Å². The van der Waals surface area contributed by atoms with Crippen molar-refractivity contribution in [3.63, 3.8) is 0 Å². The number of aromatic amines is 1. The Bertz CT molecular complexity index is 1290. The number of thiophene rings is 1. The largest absolute Gasteiger partial charge is 0.334 e. The molecule has 2 aromatic carbocycles. The van der Waals surface area contributed by atoms with Gasteiger partial charge in [-0.3, -0.25) is 9.59 Å². The number of rotatable bonds is 9. The zero-order chi connectivity index (χ0) is 23.3. The van der Waals surface area contributed by atoms with Crippen LogP contribution in [-0.4, -0.2) is 26.5 Å². The lowest BCUT2D eigenvalue weighted by atomic mass is 10.1. The smallest absolute Gasteiger partial charge is 0.259 e. The number of thioether (sulfide) groups is 1. The first kappa shape index (κ1) is 22.9. The van der Waals surface area contributed by atoms with Crippen molar-refractivity contribution >= 4 is 39.2 Å². The van der Waals surface area contributed by atoms with E-state index < -0.39 is 0 Å². The molecule has 0 bridgehead atoms. The molecule has 0 saturated heterocycles. The van der Waals surface area contributed by atoms with Crippen molar-refractivity contribution in [3.05, 3.63) is 98.4 Å². The molecular formula is C27H27N3O2S2. The van der Waals surface area contributed by atoms with Crippen LogP contribution in [0.2, 0.25) is 0 Å². The fourth-order valence-corrected chi connectivity index (χ4v) is 6.52. The Kier molecular flexibility index (Phi) is 7.11.